The lowest BCUT2D eigenvalue weighted by Gasteiger charge is -2.42. The van der Waals surface area contributed by atoms with Crippen molar-refractivity contribution < 1.29 is 18.3 Å². The number of rotatable bonds is 5. The summed E-state index contributed by atoms with van der Waals surface area (Å²) in [6.45, 7) is 25.8. The predicted molar refractivity (Wildman–Crippen MR) is 168 cm³/mol. The van der Waals surface area contributed by atoms with E-state index in [1.807, 2.05) is 0 Å². The smallest absolute Gasteiger partial charge is 0.250 e. The molecule has 2 aliphatic rings. The Hall–Kier alpha value is -2.29. The molecule has 1 atom stereocenters. The zero-order chi connectivity index (χ0) is 28.7. The molecule has 0 saturated heterocycles. The molecule has 1 heterocycles. The van der Waals surface area contributed by atoms with E-state index in [4.69, 9.17) is 18.3 Å². The number of fused-ring (bicyclic) bond motifs is 4. The molecule has 5 rings (SSSR count). The molecule has 6 heteroatoms. The first-order valence-corrected chi connectivity index (χ1v) is 20.1. The molecule has 39 heavy (non-hydrogen) atoms. The highest BCUT2D eigenvalue weighted by Crippen LogP contribution is 2.54. The first-order valence-electron chi connectivity index (χ1n) is 14.3. The second-order valence-electron chi connectivity index (χ2n) is 14.5. The lowest BCUT2D eigenvalue weighted by atomic mass is 9.79. The molecule has 3 aromatic rings. The van der Waals surface area contributed by atoms with Crippen molar-refractivity contribution in [1.82, 2.24) is 0 Å². The van der Waals surface area contributed by atoms with Gasteiger partial charge in [0.05, 0.1) is 13.2 Å². The lowest BCUT2D eigenvalue weighted by molar-refractivity contribution is 0.180. The van der Waals surface area contributed by atoms with Gasteiger partial charge in [0.1, 0.15) is 23.9 Å². The summed E-state index contributed by atoms with van der Waals surface area (Å²) in [4.78, 5) is 0. The first kappa shape index (κ1) is 28.2. The molecular weight excluding hydrogens is 517 g/mol. The van der Waals surface area contributed by atoms with Crippen LogP contribution >= 0.6 is 0 Å². The van der Waals surface area contributed by atoms with Gasteiger partial charge in [-0.15, -0.1) is 0 Å². The summed E-state index contributed by atoms with van der Waals surface area (Å²) in [7, 11) is -2.34. The predicted octanol–water partition coefficient (Wildman–Crippen LogP) is 9.72. The van der Waals surface area contributed by atoms with Crippen LogP contribution in [0.5, 0.6) is 17.2 Å². The van der Waals surface area contributed by atoms with E-state index in [9.17, 15) is 0 Å². The Morgan fingerprint density at radius 3 is 2.15 bits per heavy atom. The van der Waals surface area contributed by atoms with Gasteiger partial charge in [0, 0.05) is 28.3 Å². The molecule has 3 aromatic carbocycles. The quantitative estimate of drug-likeness (QED) is 0.290. The molecule has 4 nitrogen and oxygen atoms in total. The van der Waals surface area contributed by atoms with E-state index in [1.54, 1.807) is 7.11 Å². The molecule has 0 fully saturated rings. The van der Waals surface area contributed by atoms with Crippen LogP contribution in [0.2, 0.25) is 36.3 Å². The Kier molecular flexibility index (Phi) is 6.60. The van der Waals surface area contributed by atoms with Crippen molar-refractivity contribution in [1.29, 1.82) is 0 Å². The average molecular weight is 563 g/mol. The van der Waals surface area contributed by atoms with Crippen molar-refractivity contribution in [3.8, 4) is 28.4 Å². The van der Waals surface area contributed by atoms with Gasteiger partial charge in [-0.05, 0) is 89.7 Å². The van der Waals surface area contributed by atoms with Gasteiger partial charge >= 0.3 is 0 Å². The van der Waals surface area contributed by atoms with Crippen LogP contribution in [0.4, 0.5) is 0 Å². The van der Waals surface area contributed by atoms with Crippen LogP contribution in [0, 0.1) is 6.92 Å². The maximum atomic E-state index is 7.23. The summed E-state index contributed by atoms with van der Waals surface area (Å²) in [6, 6.07) is 11.0. The number of hydrogen-bond donors (Lipinski definition) is 0. The molecule has 0 amide bonds. The van der Waals surface area contributed by atoms with E-state index < -0.39 is 16.6 Å². The SMILES string of the molecule is COc1cc(C)cc2c1-c1cc3c(O[Si](C)(C)C(C)(C)C)ccc4c3c(c1C(O[Si](C)(C)C(C)(C)C)C2)CO4. The zero-order valence-electron chi connectivity index (χ0n) is 26.0. The maximum absolute atomic E-state index is 7.23. The van der Waals surface area contributed by atoms with Gasteiger partial charge in [-0.3, -0.25) is 0 Å². The average Bonchev–Trinajstić information content (AvgIpc) is 3.23. The summed E-state index contributed by atoms with van der Waals surface area (Å²) in [5, 5.41) is 2.52. The second-order valence-corrected chi connectivity index (χ2v) is 24.0. The normalized spacial score (nSPS) is 17.1. The summed E-state index contributed by atoms with van der Waals surface area (Å²) in [6.07, 6.45) is 0.805. The minimum Gasteiger partial charge on any atom is -0.543 e. The second kappa shape index (κ2) is 9.11. The van der Waals surface area contributed by atoms with E-state index in [1.165, 1.54) is 38.8 Å². The fraction of sp³-hybridized carbons (Fsp3) is 0.515. The number of methoxy groups -OCH3 is 1. The summed E-state index contributed by atoms with van der Waals surface area (Å²) >= 11 is 0. The van der Waals surface area contributed by atoms with Gasteiger partial charge in [-0.25, -0.2) is 0 Å². The molecule has 0 saturated carbocycles. The van der Waals surface area contributed by atoms with Crippen LogP contribution in [0.3, 0.4) is 0 Å². The van der Waals surface area contributed by atoms with Gasteiger partial charge in [0.25, 0.3) is 8.32 Å². The van der Waals surface area contributed by atoms with Crippen LogP contribution in [-0.2, 0) is 17.5 Å². The van der Waals surface area contributed by atoms with Gasteiger partial charge in [0.2, 0.25) is 0 Å². The minimum atomic E-state index is -2.06. The molecule has 0 spiro atoms. The van der Waals surface area contributed by atoms with E-state index in [0.717, 1.165) is 29.1 Å². The molecule has 1 unspecified atom stereocenters. The van der Waals surface area contributed by atoms with Crippen molar-refractivity contribution in [2.24, 2.45) is 0 Å². The van der Waals surface area contributed by atoms with Crippen LogP contribution < -0.4 is 13.9 Å². The van der Waals surface area contributed by atoms with E-state index in [-0.39, 0.29) is 16.2 Å². The van der Waals surface area contributed by atoms with E-state index in [2.05, 4.69) is 105 Å². The monoisotopic (exact) mass is 562 g/mol. The van der Waals surface area contributed by atoms with Crippen molar-refractivity contribution >= 4 is 27.4 Å². The molecular formula is C33H46O4Si2. The number of benzene rings is 3. The van der Waals surface area contributed by atoms with E-state index >= 15 is 0 Å². The molecule has 0 N–H and O–H groups in total. The van der Waals surface area contributed by atoms with Crippen molar-refractivity contribution in [3.05, 3.63) is 52.6 Å². The molecule has 1 aliphatic heterocycles. The van der Waals surface area contributed by atoms with Crippen molar-refractivity contribution in [2.75, 3.05) is 7.11 Å². The summed E-state index contributed by atoms with van der Waals surface area (Å²) in [5.74, 6) is 2.82. The van der Waals surface area contributed by atoms with Crippen molar-refractivity contribution in [2.45, 2.75) is 104 Å². The standard InChI is InChI=1S/C33H46O4Si2/c1-20-15-21-17-28(37-39(11,12)33(5,6)7)31-23(29(21)27(16-20)34-8)18-22-25(36-38(9,10)32(2,3)4)13-14-26-30(22)24(31)19-35-26/h13-16,18,28H,17,19H2,1-12H3. The van der Waals surface area contributed by atoms with E-state index in [0.29, 0.717) is 6.61 Å². The zero-order valence-corrected chi connectivity index (χ0v) is 28.0. The number of aryl methyl sites for hydroxylation is 1. The Bertz CT molecular complexity index is 1460. The fourth-order valence-corrected chi connectivity index (χ4v) is 7.75. The summed E-state index contributed by atoms with van der Waals surface area (Å²) < 4.78 is 26.5. The Balaban J connectivity index is 1.81. The molecule has 0 radical (unpaired) electrons. The van der Waals surface area contributed by atoms with Crippen molar-refractivity contribution in [3.63, 3.8) is 0 Å². The molecule has 1 aliphatic carbocycles. The Labute approximate surface area is 237 Å². The van der Waals surface area contributed by atoms with Gasteiger partial charge in [-0.2, -0.15) is 0 Å². The highest BCUT2D eigenvalue weighted by Gasteiger charge is 2.43. The largest absolute Gasteiger partial charge is 0.543 e. The van der Waals surface area contributed by atoms with Gasteiger partial charge in [0.15, 0.2) is 8.32 Å². The number of hydrogen-bond acceptors (Lipinski definition) is 4. The van der Waals surface area contributed by atoms with Crippen LogP contribution in [0.1, 0.15) is 69.9 Å². The third kappa shape index (κ3) is 4.62. The minimum absolute atomic E-state index is 0.0289. The Morgan fingerprint density at radius 1 is 0.872 bits per heavy atom. The topological polar surface area (TPSA) is 36.9 Å². The number of ether oxygens (including phenoxy) is 2. The van der Waals surface area contributed by atoms with Crippen LogP contribution in [-0.4, -0.2) is 23.7 Å². The lowest BCUT2D eigenvalue weighted by Crippen LogP contribution is -2.43. The van der Waals surface area contributed by atoms with Gasteiger partial charge < -0.3 is 18.3 Å². The molecule has 0 aromatic heterocycles. The third-order valence-electron chi connectivity index (χ3n) is 9.70. The third-order valence-corrected chi connectivity index (χ3v) is 18.5. The first-order chi connectivity index (χ1) is 17.9. The molecule has 210 valence electrons. The highest BCUT2D eigenvalue weighted by atomic mass is 28.4. The Morgan fingerprint density at radius 2 is 1.54 bits per heavy atom. The maximum Gasteiger partial charge on any atom is 0.250 e. The van der Waals surface area contributed by atoms with Gasteiger partial charge in [-0.1, -0.05) is 47.6 Å². The molecule has 0 bridgehead atoms. The van der Waals surface area contributed by atoms with Crippen LogP contribution in [0.15, 0.2) is 30.3 Å². The fourth-order valence-electron chi connectivity index (χ4n) is 5.45. The van der Waals surface area contributed by atoms with Crippen LogP contribution in [0.25, 0.3) is 21.9 Å². The highest BCUT2D eigenvalue weighted by molar-refractivity contribution is 6.75. The summed E-state index contributed by atoms with van der Waals surface area (Å²) in [5.41, 5.74) is 7.39.